The Balaban J connectivity index is 1.21. The van der Waals surface area contributed by atoms with Crippen LogP contribution in [0.3, 0.4) is 0 Å². The molecule has 0 radical (unpaired) electrons. The highest BCUT2D eigenvalue weighted by Crippen LogP contribution is 2.31. The van der Waals surface area contributed by atoms with Crippen molar-refractivity contribution in [3.63, 3.8) is 0 Å². The lowest BCUT2D eigenvalue weighted by Gasteiger charge is -2.17. The number of imidazole rings is 1. The second kappa shape index (κ2) is 10.7. The van der Waals surface area contributed by atoms with E-state index in [4.69, 9.17) is 4.63 Å². The Hall–Kier alpha value is -4.92. The number of hydrogen-bond donors (Lipinski definition) is 3. The zero-order valence-corrected chi connectivity index (χ0v) is 24.5. The van der Waals surface area contributed by atoms with E-state index in [2.05, 4.69) is 25.0 Å². The van der Waals surface area contributed by atoms with Gasteiger partial charge in [0.25, 0.3) is 0 Å². The van der Waals surface area contributed by atoms with E-state index in [1.54, 1.807) is 60.7 Å². The summed E-state index contributed by atoms with van der Waals surface area (Å²) >= 11 is 0. The van der Waals surface area contributed by atoms with E-state index >= 15 is 0 Å². The van der Waals surface area contributed by atoms with Crippen molar-refractivity contribution in [3.8, 4) is 11.1 Å². The van der Waals surface area contributed by atoms with Gasteiger partial charge in [0.2, 0.25) is 26.0 Å². The second-order valence-corrected chi connectivity index (χ2v) is 14.1. The molecule has 6 aromatic rings. The van der Waals surface area contributed by atoms with E-state index < -0.39 is 37.2 Å². The average molecular weight is 629 g/mol. The maximum Gasteiger partial charge on any atom is 0.242 e. The van der Waals surface area contributed by atoms with Crippen LogP contribution in [0.5, 0.6) is 0 Å². The molecule has 4 aromatic carbocycles. The van der Waals surface area contributed by atoms with Crippen LogP contribution in [0.2, 0.25) is 0 Å². The largest absolute Gasteiger partial charge is 0.274 e. The Labute approximate surface area is 251 Å². The van der Waals surface area contributed by atoms with Gasteiger partial charge in [-0.05, 0) is 52.9 Å². The SMILES string of the molecule is O=C1CC(c2ccc(C[C@H](NS(=O)(=O)c3ccc(-c4ccccc4)cc3)c3nc4cc5no[nH]c5cc4n3)cc2)S(=O)(=O)N1. The van der Waals surface area contributed by atoms with Gasteiger partial charge in [-0.1, -0.05) is 71.9 Å². The van der Waals surface area contributed by atoms with Crippen LogP contribution in [0.1, 0.15) is 34.7 Å². The minimum absolute atomic E-state index is 0.0800. The van der Waals surface area contributed by atoms with Gasteiger partial charge in [-0.2, -0.15) is 5.16 Å². The Bertz CT molecular complexity index is 2180. The summed E-state index contributed by atoms with van der Waals surface area (Å²) in [5.41, 5.74) is 5.22. The summed E-state index contributed by atoms with van der Waals surface area (Å²) in [6.07, 6.45) is 0.00918. The van der Waals surface area contributed by atoms with Gasteiger partial charge in [0.1, 0.15) is 22.1 Å². The van der Waals surface area contributed by atoms with Crippen LogP contribution in [0, 0.1) is 0 Å². The van der Waals surface area contributed by atoms with Crippen molar-refractivity contribution in [2.24, 2.45) is 0 Å². The number of benzene rings is 4. The number of aromatic amines is 1. The lowest BCUT2D eigenvalue weighted by molar-refractivity contribution is -0.118. The van der Waals surface area contributed by atoms with Crippen LogP contribution < -0.4 is 9.44 Å². The first-order chi connectivity index (χ1) is 21.1. The van der Waals surface area contributed by atoms with Crippen molar-refractivity contribution >= 4 is 48.0 Å². The number of carbonyl (C=O) groups excluding carboxylic acids is 1. The van der Waals surface area contributed by atoms with Gasteiger partial charge >= 0.3 is 0 Å². The van der Waals surface area contributed by atoms with E-state index in [1.165, 1.54) is 0 Å². The molecule has 1 aliphatic rings. The van der Waals surface area contributed by atoms with Gasteiger partial charge in [0.15, 0.2) is 0 Å². The lowest BCUT2D eigenvalue weighted by atomic mass is 10.0. The molecular weight excluding hydrogens is 605 g/mol. The highest BCUT2D eigenvalue weighted by Gasteiger charge is 2.37. The Morgan fingerprint density at radius 1 is 0.886 bits per heavy atom. The number of rotatable bonds is 8. The fourth-order valence-corrected chi connectivity index (χ4v) is 7.92. The number of amides is 1. The van der Waals surface area contributed by atoms with Gasteiger partial charge in [-0.25, -0.2) is 31.5 Å². The Kier molecular flexibility index (Phi) is 6.76. The molecule has 2 aromatic heterocycles. The van der Waals surface area contributed by atoms with Crippen LogP contribution >= 0.6 is 0 Å². The van der Waals surface area contributed by atoms with Crippen molar-refractivity contribution in [3.05, 3.63) is 108 Å². The summed E-state index contributed by atoms with van der Waals surface area (Å²) < 4.78 is 61.6. The molecule has 1 saturated heterocycles. The van der Waals surface area contributed by atoms with Gasteiger partial charge in [-0.3, -0.25) is 14.1 Å². The molecule has 222 valence electrons. The smallest absolute Gasteiger partial charge is 0.242 e. The number of fused-ring (bicyclic) bond motifs is 2. The molecule has 14 heteroatoms. The summed E-state index contributed by atoms with van der Waals surface area (Å²) in [5.74, 6) is -0.294. The molecule has 1 fully saturated rings. The molecule has 0 spiro atoms. The fraction of sp³-hybridized carbons (Fsp3) is 0.133. The van der Waals surface area contributed by atoms with E-state index in [1.807, 2.05) is 35.1 Å². The van der Waals surface area contributed by atoms with Crippen molar-refractivity contribution in [2.45, 2.75) is 29.0 Å². The quantitative estimate of drug-likeness (QED) is 0.225. The van der Waals surface area contributed by atoms with Crippen LogP contribution in [-0.4, -0.2) is 43.0 Å². The number of sulfonamides is 2. The van der Waals surface area contributed by atoms with Crippen LogP contribution in [-0.2, 0) is 31.3 Å². The molecule has 1 aliphatic heterocycles. The molecule has 3 N–H and O–H groups in total. The summed E-state index contributed by atoms with van der Waals surface area (Å²) in [6.45, 7) is 0. The summed E-state index contributed by atoms with van der Waals surface area (Å²) in [5, 5.41) is 5.58. The molecule has 0 aliphatic carbocycles. The third-order valence-corrected chi connectivity index (χ3v) is 10.7. The maximum absolute atomic E-state index is 13.6. The van der Waals surface area contributed by atoms with Crippen molar-refractivity contribution in [2.75, 3.05) is 0 Å². The van der Waals surface area contributed by atoms with Crippen LogP contribution in [0.15, 0.2) is 101 Å². The summed E-state index contributed by atoms with van der Waals surface area (Å²) in [6, 6.07) is 25.5. The first-order valence-electron chi connectivity index (χ1n) is 13.6. The zero-order valence-electron chi connectivity index (χ0n) is 22.8. The minimum Gasteiger partial charge on any atom is -0.274 e. The fourth-order valence-electron chi connectivity index (χ4n) is 5.30. The first-order valence-corrected chi connectivity index (χ1v) is 16.6. The van der Waals surface area contributed by atoms with Gasteiger partial charge in [-0.15, -0.1) is 0 Å². The average Bonchev–Trinajstić information content (AvgIpc) is 3.72. The second-order valence-electron chi connectivity index (χ2n) is 10.5. The van der Waals surface area contributed by atoms with Gasteiger partial charge in [0, 0.05) is 0 Å². The Morgan fingerprint density at radius 3 is 2.25 bits per heavy atom. The summed E-state index contributed by atoms with van der Waals surface area (Å²) in [4.78, 5) is 21.0. The number of nitrogens with zero attached hydrogens (tertiary/aromatic N) is 3. The third-order valence-electron chi connectivity index (χ3n) is 7.54. The molecule has 1 unspecified atom stereocenters. The number of hydrogen-bond acceptors (Lipinski definition) is 9. The van der Waals surface area contributed by atoms with Gasteiger partial charge in [0.05, 0.1) is 28.4 Å². The number of H-pyrrole nitrogens is 1. The third kappa shape index (κ3) is 5.34. The standard InChI is InChI=1S/C30H24N6O6S2/c37-29-17-28(44(40,41)36-29)21-8-6-18(7-9-21)14-27(30-31-23-15-25-26(34-42-33-25)16-24(23)32-30)35-43(38,39)22-12-10-20(11-13-22)19-4-2-1-3-5-19/h1-13,15-16,27-28,33,35H,14,17H2,(H,36,37)/t27-,28?/m0/s1. The molecule has 12 nitrogen and oxygen atoms in total. The van der Waals surface area contributed by atoms with E-state index in [0.717, 1.165) is 11.1 Å². The molecule has 3 heterocycles. The minimum atomic E-state index is -4.02. The van der Waals surface area contributed by atoms with Gasteiger partial charge < -0.3 is 0 Å². The first kappa shape index (κ1) is 27.9. The molecular formula is C30H24N6O6S2. The monoisotopic (exact) mass is 628 g/mol. The number of nitrogens with one attached hydrogen (secondary N) is 3. The molecule has 7 rings (SSSR count). The van der Waals surface area contributed by atoms with Crippen LogP contribution in [0.25, 0.3) is 33.2 Å². The number of carbonyl (C=O) groups is 1. The van der Waals surface area contributed by atoms with Crippen molar-refractivity contribution < 1.29 is 26.3 Å². The van der Waals surface area contributed by atoms with Crippen molar-refractivity contribution in [1.29, 1.82) is 0 Å². The maximum atomic E-state index is 13.6. The highest BCUT2D eigenvalue weighted by molar-refractivity contribution is 7.90. The Morgan fingerprint density at radius 2 is 1.57 bits per heavy atom. The normalized spacial score (nSPS) is 17.2. The van der Waals surface area contributed by atoms with E-state index in [0.29, 0.717) is 33.2 Å². The molecule has 1 amide bonds. The predicted molar refractivity (Wildman–Crippen MR) is 161 cm³/mol. The predicted octanol–water partition coefficient (Wildman–Crippen LogP) is 3.92. The topological polar surface area (TPSA) is 177 Å². The number of aromatic nitrogens is 4. The van der Waals surface area contributed by atoms with E-state index in [9.17, 15) is 21.6 Å². The van der Waals surface area contributed by atoms with Crippen LogP contribution in [0.4, 0.5) is 0 Å². The summed E-state index contributed by atoms with van der Waals surface area (Å²) in [7, 11) is -7.82. The molecule has 0 saturated carbocycles. The van der Waals surface area contributed by atoms with Crippen molar-refractivity contribution in [1.82, 2.24) is 29.7 Å². The van der Waals surface area contributed by atoms with E-state index in [-0.39, 0.29) is 23.6 Å². The lowest BCUT2D eigenvalue weighted by Crippen LogP contribution is -2.31. The molecule has 2 atom stereocenters. The molecule has 0 bridgehead atoms. The molecule has 44 heavy (non-hydrogen) atoms. The highest BCUT2D eigenvalue weighted by atomic mass is 32.2. The zero-order chi connectivity index (χ0) is 30.5.